The normalized spacial score (nSPS) is 36.7. The molecule has 2 saturated heterocycles. The van der Waals surface area contributed by atoms with Gasteiger partial charge in [0, 0.05) is 78.1 Å². The molecular weight excluding hydrogens is 1020 g/mol. The van der Waals surface area contributed by atoms with Crippen molar-refractivity contribution in [1.82, 2.24) is 4.90 Å². The SMILES string of the molecule is CCCOCCOCCCC(=O)CON=C1[C@H](C)C[C@H](C)/C=C/C=C/C=C(\C)[C@@H](OC)C[C@@H]2CC[C@@H](C)[C@@](O)(O2)C(=O)C(=O)N2CCCC[C@H]2C(=O)O[C@H]([C@H](C)C[C@@H]2CC[C@@H](O)[C@H](OC)C2)C[C@@H](O)[C@H](C)/C=C(\C)[C@@H](O)[C@H]1OC. The molecule has 0 aromatic rings. The third-order valence-electron chi connectivity index (χ3n) is 16.6. The number of nitrogens with zero attached hydrogens (tertiary/aromatic N) is 2. The zero-order chi connectivity index (χ0) is 58.2. The van der Waals surface area contributed by atoms with Crippen LogP contribution in [0.3, 0.4) is 0 Å². The molecule has 3 heterocycles. The largest absolute Gasteiger partial charge is 0.460 e. The first-order chi connectivity index (χ1) is 37.7. The predicted octanol–water partition coefficient (Wildman–Crippen LogP) is 7.57. The van der Waals surface area contributed by atoms with Crippen LogP contribution in [0.25, 0.3) is 0 Å². The molecule has 3 aliphatic heterocycles. The first-order valence-corrected chi connectivity index (χ1v) is 29.3. The van der Waals surface area contributed by atoms with Gasteiger partial charge in [0.2, 0.25) is 5.79 Å². The highest BCUT2D eigenvalue weighted by Gasteiger charge is 2.53. The second kappa shape index (κ2) is 34.7. The molecule has 4 rings (SSSR count). The van der Waals surface area contributed by atoms with Gasteiger partial charge in [-0.25, -0.2) is 4.79 Å². The molecule has 1 amide bonds. The van der Waals surface area contributed by atoms with Crippen LogP contribution in [-0.4, -0.2) is 176 Å². The van der Waals surface area contributed by atoms with E-state index in [1.165, 1.54) is 12.0 Å². The van der Waals surface area contributed by atoms with Crippen molar-refractivity contribution in [2.75, 3.05) is 60.9 Å². The summed E-state index contributed by atoms with van der Waals surface area (Å²) >= 11 is 0. The summed E-state index contributed by atoms with van der Waals surface area (Å²) in [7, 11) is 4.64. The Morgan fingerprint density at radius 1 is 0.835 bits per heavy atom. The number of carbonyl (C=O) groups is 4. The highest BCUT2D eigenvalue weighted by molar-refractivity contribution is 6.39. The summed E-state index contributed by atoms with van der Waals surface area (Å²) in [5.74, 6) is -7.21. The molecule has 18 nitrogen and oxygen atoms in total. The summed E-state index contributed by atoms with van der Waals surface area (Å²) < 4.78 is 41.2. The van der Waals surface area contributed by atoms with Crippen molar-refractivity contribution in [2.24, 2.45) is 40.7 Å². The number of rotatable bonds is 18. The van der Waals surface area contributed by atoms with Crippen molar-refractivity contribution in [3.8, 4) is 0 Å². The van der Waals surface area contributed by atoms with Gasteiger partial charge in [-0.3, -0.25) is 14.4 Å². The number of carbonyl (C=O) groups excluding carboxylic acids is 4. The van der Waals surface area contributed by atoms with Crippen molar-refractivity contribution in [1.29, 1.82) is 0 Å². The van der Waals surface area contributed by atoms with Crippen LogP contribution in [0.5, 0.6) is 0 Å². The number of aliphatic hydroxyl groups is 4. The fourth-order valence-corrected chi connectivity index (χ4v) is 11.5. The Morgan fingerprint density at radius 2 is 1.57 bits per heavy atom. The minimum Gasteiger partial charge on any atom is -0.460 e. The molecule has 0 spiro atoms. The molecule has 79 heavy (non-hydrogen) atoms. The van der Waals surface area contributed by atoms with Gasteiger partial charge in [0.05, 0.1) is 49.4 Å². The summed E-state index contributed by atoms with van der Waals surface area (Å²) in [6.45, 7) is 17.0. The lowest BCUT2D eigenvalue weighted by molar-refractivity contribution is -0.265. The van der Waals surface area contributed by atoms with Crippen molar-refractivity contribution in [3.05, 3.63) is 47.6 Å². The van der Waals surface area contributed by atoms with Crippen molar-refractivity contribution in [3.63, 3.8) is 0 Å². The number of esters is 1. The standard InChI is InChI=1S/C61H100N2O16/c1-12-28-75-30-31-76-29-18-21-47(64)38-77-62-55-43(6)32-39(2)19-14-13-15-20-40(3)52(72-9)36-48-25-23-45(8)61(71,79-48)58(68)59(69)63-27-17-16-22-49(63)60(70)78-53(42(5)34-46-24-26-50(65)54(35-46)73-10)37-51(66)41(4)33-44(7)56(67)57(55)74-11/h13-15,19-20,33,39,41-43,45-46,48-54,56-57,65-67,71H,12,16-18,21-32,34-38H2,1-11H3/b15-13+,19-14+,40-20+,44-33+,62-55?/t39-,41-,42-,43-,45-,46+,48+,49+,50-,51-,52+,53+,54-,56-,57+,61-/m1/s1. The summed E-state index contributed by atoms with van der Waals surface area (Å²) in [6, 6.07) is -1.13. The van der Waals surface area contributed by atoms with E-state index in [0.717, 1.165) is 18.4 Å². The average Bonchev–Trinajstić information content (AvgIpc) is 3.46. The summed E-state index contributed by atoms with van der Waals surface area (Å²) in [5.41, 5.74) is 1.76. The molecule has 0 aromatic heterocycles. The highest BCUT2D eigenvalue weighted by atomic mass is 16.6. The topological polar surface area (TPSA) is 239 Å². The number of aliphatic hydroxyl groups excluding tert-OH is 3. The summed E-state index contributed by atoms with van der Waals surface area (Å²) in [6.07, 6.45) is 12.6. The maximum Gasteiger partial charge on any atom is 0.329 e. The highest BCUT2D eigenvalue weighted by Crippen LogP contribution is 2.38. The van der Waals surface area contributed by atoms with Gasteiger partial charge in [0.1, 0.15) is 24.4 Å². The fraction of sp³-hybridized carbons (Fsp3) is 0.787. The average molecular weight is 1120 g/mol. The van der Waals surface area contributed by atoms with Gasteiger partial charge in [-0.1, -0.05) is 83.2 Å². The zero-order valence-corrected chi connectivity index (χ0v) is 49.6. The maximum atomic E-state index is 14.6. The fourth-order valence-electron chi connectivity index (χ4n) is 11.5. The van der Waals surface area contributed by atoms with Crippen molar-refractivity contribution < 1.29 is 77.6 Å². The van der Waals surface area contributed by atoms with Crippen LogP contribution >= 0.6 is 0 Å². The van der Waals surface area contributed by atoms with Crippen LogP contribution in [0.1, 0.15) is 152 Å². The molecular formula is C61H100N2O16. The van der Waals surface area contributed by atoms with E-state index < -0.39 is 84.1 Å². The summed E-state index contributed by atoms with van der Waals surface area (Å²) in [4.78, 5) is 63.2. The molecule has 1 aliphatic carbocycles. The third kappa shape index (κ3) is 20.9. The summed E-state index contributed by atoms with van der Waals surface area (Å²) in [5, 5.41) is 51.3. The van der Waals surface area contributed by atoms with E-state index >= 15 is 0 Å². The first kappa shape index (κ1) is 67.8. The maximum absolute atomic E-state index is 14.6. The lowest BCUT2D eigenvalue weighted by Crippen LogP contribution is -2.61. The Morgan fingerprint density at radius 3 is 2.27 bits per heavy atom. The smallest absolute Gasteiger partial charge is 0.329 e. The second-order valence-electron chi connectivity index (χ2n) is 23.0. The number of piperidine rings is 1. The Hall–Kier alpha value is -3.69. The molecule has 2 bridgehead atoms. The van der Waals surface area contributed by atoms with Gasteiger partial charge < -0.3 is 63.3 Å². The molecule has 0 unspecified atom stereocenters. The monoisotopic (exact) mass is 1120 g/mol. The van der Waals surface area contributed by atoms with E-state index in [9.17, 15) is 39.6 Å². The molecule has 1 saturated carbocycles. The number of cyclic esters (lactones) is 1. The molecule has 4 N–H and O–H groups in total. The van der Waals surface area contributed by atoms with E-state index in [4.69, 9.17) is 38.0 Å². The Bertz CT molecular complexity index is 2040. The van der Waals surface area contributed by atoms with Crippen LogP contribution in [0.2, 0.25) is 0 Å². The van der Waals surface area contributed by atoms with Crippen LogP contribution in [-0.2, 0) is 57.2 Å². The van der Waals surface area contributed by atoms with E-state index in [1.807, 2.05) is 58.9 Å². The quantitative estimate of drug-likeness (QED) is 0.0340. The third-order valence-corrected chi connectivity index (χ3v) is 16.6. The number of hydrogen-bond donors (Lipinski definition) is 4. The number of ether oxygens (including phenoxy) is 7. The minimum absolute atomic E-state index is 0.000363. The number of methoxy groups -OCH3 is 3. The molecule has 3 fully saturated rings. The number of amides is 1. The number of fused-ring (bicyclic) bond motifs is 3. The number of Topliss-reactive ketones (excluding diaryl/α,β-unsaturated/α-hetero) is 2. The van der Waals surface area contributed by atoms with E-state index in [-0.39, 0.29) is 68.0 Å². The molecule has 0 radical (unpaired) electrons. The van der Waals surface area contributed by atoms with E-state index in [2.05, 4.69) is 18.2 Å². The predicted molar refractivity (Wildman–Crippen MR) is 301 cm³/mol. The number of ketones is 2. The number of allylic oxidation sites excluding steroid dienone is 5. The number of hydrogen-bond acceptors (Lipinski definition) is 17. The van der Waals surface area contributed by atoms with Crippen molar-refractivity contribution >= 4 is 29.2 Å². The van der Waals surface area contributed by atoms with Crippen LogP contribution < -0.4 is 0 Å². The molecule has 450 valence electrons. The Balaban J connectivity index is 1.70. The lowest BCUT2D eigenvalue weighted by Gasteiger charge is -2.43. The molecule has 18 heteroatoms. The first-order valence-electron chi connectivity index (χ1n) is 29.3. The van der Waals surface area contributed by atoms with Gasteiger partial charge in [-0.15, -0.1) is 0 Å². The molecule has 0 aromatic carbocycles. The second-order valence-corrected chi connectivity index (χ2v) is 23.0. The molecule has 16 atom stereocenters. The Kier molecular flexibility index (Phi) is 29.8. The van der Waals surface area contributed by atoms with Gasteiger partial charge in [0.25, 0.3) is 11.7 Å². The van der Waals surface area contributed by atoms with E-state index in [0.29, 0.717) is 102 Å². The van der Waals surface area contributed by atoms with Gasteiger partial charge in [-0.2, -0.15) is 0 Å². The zero-order valence-electron chi connectivity index (χ0n) is 49.6. The van der Waals surface area contributed by atoms with E-state index in [1.54, 1.807) is 34.1 Å². The van der Waals surface area contributed by atoms with Crippen molar-refractivity contribution in [2.45, 2.75) is 212 Å². The van der Waals surface area contributed by atoms with Crippen LogP contribution in [0.15, 0.2) is 52.8 Å². The van der Waals surface area contributed by atoms with Gasteiger partial charge >= 0.3 is 5.97 Å². The Labute approximate surface area is 471 Å². The molecule has 4 aliphatic rings. The van der Waals surface area contributed by atoms with Crippen LogP contribution in [0, 0.1) is 35.5 Å². The van der Waals surface area contributed by atoms with Crippen LogP contribution in [0.4, 0.5) is 0 Å². The van der Waals surface area contributed by atoms with Gasteiger partial charge in [-0.05, 0) is 120 Å². The lowest BCUT2D eigenvalue weighted by atomic mass is 9.78. The van der Waals surface area contributed by atoms with Gasteiger partial charge in [0.15, 0.2) is 12.4 Å². The minimum atomic E-state index is -2.44. The number of oxime groups is 1.